The zero-order valence-corrected chi connectivity index (χ0v) is 9.27. The van der Waals surface area contributed by atoms with Gasteiger partial charge in [-0.05, 0) is 26.1 Å². The van der Waals surface area contributed by atoms with Crippen LogP contribution in [0.2, 0.25) is 0 Å². The average molecular weight is 225 g/mol. The van der Waals surface area contributed by atoms with Crippen molar-refractivity contribution in [2.24, 2.45) is 5.73 Å². The van der Waals surface area contributed by atoms with Gasteiger partial charge in [0.1, 0.15) is 5.76 Å². The number of carbonyl (C=O) groups is 2. The van der Waals surface area contributed by atoms with E-state index in [9.17, 15) is 9.59 Å². The van der Waals surface area contributed by atoms with Gasteiger partial charge in [0.15, 0.2) is 0 Å². The maximum Gasteiger partial charge on any atom is 0.318 e. The molecule has 0 aliphatic carbocycles. The quantitative estimate of drug-likeness (QED) is 0.771. The third-order valence-electron chi connectivity index (χ3n) is 2.27. The lowest BCUT2D eigenvalue weighted by atomic mass is 10.2. The first-order valence-corrected chi connectivity index (χ1v) is 4.83. The molecule has 3 amide bonds. The van der Waals surface area contributed by atoms with Gasteiger partial charge in [0.05, 0.1) is 18.8 Å². The number of rotatable bonds is 4. The number of urea groups is 1. The van der Waals surface area contributed by atoms with Crippen molar-refractivity contribution in [1.82, 2.24) is 10.2 Å². The molecule has 0 radical (unpaired) electrons. The lowest BCUT2D eigenvalue weighted by molar-refractivity contribution is -0.124. The van der Waals surface area contributed by atoms with Crippen molar-refractivity contribution >= 4 is 11.9 Å². The molecule has 0 aromatic carbocycles. The molecule has 6 nitrogen and oxygen atoms in total. The minimum Gasteiger partial charge on any atom is -0.468 e. The Hall–Kier alpha value is -1.82. The number of nitrogens with zero attached hydrogens (tertiary/aromatic N) is 1. The highest BCUT2D eigenvalue weighted by Gasteiger charge is 2.19. The number of imide groups is 1. The van der Waals surface area contributed by atoms with Crippen LogP contribution in [0, 0.1) is 0 Å². The van der Waals surface area contributed by atoms with Gasteiger partial charge in [0, 0.05) is 0 Å². The van der Waals surface area contributed by atoms with E-state index in [1.807, 2.05) is 11.4 Å². The molecular formula is C10H15N3O3. The van der Waals surface area contributed by atoms with Gasteiger partial charge in [-0.1, -0.05) is 0 Å². The Morgan fingerprint density at radius 1 is 1.62 bits per heavy atom. The van der Waals surface area contributed by atoms with Crippen LogP contribution in [0.3, 0.4) is 0 Å². The number of amides is 3. The first-order valence-electron chi connectivity index (χ1n) is 4.83. The van der Waals surface area contributed by atoms with E-state index in [2.05, 4.69) is 0 Å². The Bertz CT molecular complexity index is 361. The number of nitrogens with one attached hydrogen (secondary N) is 1. The third-order valence-corrected chi connectivity index (χ3v) is 2.27. The Kier molecular flexibility index (Phi) is 4.07. The molecule has 0 saturated carbocycles. The second-order valence-electron chi connectivity index (χ2n) is 3.52. The van der Waals surface area contributed by atoms with E-state index in [4.69, 9.17) is 10.2 Å². The van der Waals surface area contributed by atoms with E-state index < -0.39 is 18.0 Å². The van der Waals surface area contributed by atoms with Gasteiger partial charge >= 0.3 is 6.03 Å². The molecule has 16 heavy (non-hydrogen) atoms. The Morgan fingerprint density at radius 3 is 2.81 bits per heavy atom. The SMILES string of the molecule is CC(C(=O)NC(N)=O)N(C)Cc1ccco1. The van der Waals surface area contributed by atoms with E-state index in [0.29, 0.717) is 6.54 Å². The normalized spacial score (nSPS) is 12.4. The first kappa shape index (κ1) is 12.3. The predicted molar refractivity (Wildman–Crippen MR) is 57.4 cm³/mol. The molecule has 0 saturated heterocycles. The number of carbonyl (C=O) groups excluding carboxylic acids is 2. The monoisotopic (exact) mass is 225 g/mol. The van der Waals surface area contributed by atoms with Gasteiger partial charge in [-0.25, -0.2) is 4.79 Å². The summed E-state index contributed by atoms with van der Waals surface area (Å²) >= 11 is 0. The van der Waals surface area contributed by atoms with E-state index >= 15 is 0 Å². The van der Waals surface area contributed by atoms with Crippen LogP contribution >= 0.6 is 0 Å². The van der Waals surface area contributed by atoms with Crippen molar-refractivity contribution in [2.75, 3.05) is 7.05 Å². The second-order valence-corrected chi connectivity index (χ2v) is 3.52. The third kappa shape index (κ3) is 3.39. The number of hydrogen-bond acceptors (Lipinski definition) is 4. The summed E-state index contributed by atoms with van der Waals surface area (Å²) in [4.78, 5) is 23.7. The molecule has 1 atom stereocenters. The van der Waals surface area contributed by atoms with Crippen molar-refractivity contribution in [2.45, 2.75) is 19.5 Å². The van der Waals surface area contributed by atoms with Gasteiger partial charge in [-0.15, -0.1) is 0 Å². The highest BCUT2D eigenvalue weighted by atomic mass is 16.3. The van der Waals surface area contributed by atoms with E-state index in [0.717, 1.165) is 5.76 Å². The van der Waals surface area contributed by atoms with Crippen LogP contribution in [0.1, 0.15) is 12.7 Å². The van der Waals surface area contributed by atoms with Crippen molar-refractivity contribution in [1.29, 1.82) is 0 Å². The Labute approximate surface area is 93.4 Å². The maximum absolute atomic E-state index is 11.4. The lowest BCUT2D eigenvalue weighted by Crippen LogP contribution is -2.46. The van der Waals surface area contributed by atoms with E-state index in [1.54, 1.807) is 31.2 Å². The maximum atomic E-state index is 11.4. The van der Waals surface area contributed by atoms with Crippen LogP contribution in [0.5, 0.6) is 0 Å². The number of hydrogen-bond donors (Lipinski definition) is 2. The van der Waals surface area contributed by atoms with Crippen LogP contribution in [0.4, 0.5) is 4.79 Å². The minimum atomic E-state index is -0.844. The van der Waals surface area contributed by atoms with Gasteiger partial charge in [0.25, 0.3) is 0 Å². The standard InChI is InChI=1S/C10H15N3O3/c1-7(9(14)12-10(11)15)13(2)6-8-4-3-5-16-8/h3-5,7H,6H2,1-2H3,(H3,11,12,14,15). The zero-order chi connectivity index (χ0) is 12.1. The summed E-state index contributed by atoms with van der Waals surface area (Å²) in [7, 11) is 1.76. The first-order chi connectivity index (χ1) is 7.50. The molecular weight excluding hydrogens is 210 g/mol. The fraction of sp³-hybridized carbons (Fsp3) is 0.400. The molecule has 1 unspecified atom stereocenters. The average Bonchev–Trinajstić information content (AvgIpc) is 2.68. The molecule has 88 valence electrons. The van der Waals surface area contributed by atoms with Crippen molar-refractivity contribution < 1.29 is 14.0 Å². The van der Waals surface area contributed by atoms with Crippen molar-refractivity contribution in [3.63, 3.8) is 0 Å². The van der Waals surface area contributed by atoms with Crippen LogP contribution in [-0.2, 0) is 11.3 Å². The molecule has 0 spiro atoms. The highest BCUT2D eigenvalue weighted by Crippen LogP contribution is 2.06. The Balaban J connectivity index is 2.50. The van der Waals surface area contributed by atoms with Gasteiger partial charge in [-0.3, -0.25) is 15.0 Å². The summed E-state index contributed by atoms with van der Waals surface area (Å²) in [5, 5.41) is 2.03. The summed E-state index contributed by atoms with van der Waals surface area (Å²) < 4.78 is 5.15. The molecule has 6 heteroatoms. The zero-order valence-electron chi connectivity index (χ0n) is 9.27. The summed E-state index contributed by atoms with van der Waals surface area (Å²) in [5.74, 6) is 0.322. The fourth-order valence-corrected chi connectivity index (χ4v) is 1.21. The summed E-state index contributed by atoms with van der Waals surface area (Å²) in [6, 6.07) is 2.29. The topological polar surface area (TPSA) is 88.6 Å². The molecule has 3 N–H and O–H groups in total. The fourth-order valence-electron chi connectivity index (χ4n) is 1.21. The number of likely N-dealkylation sites (N-methyl/N-ethyl adjacent to an activating group) is 1. The molecule has 0 fully saturated rings. The molecule has 0 aliphatic rings. The molecule has 0 bridgehead atoms. The molecule has 0 aliphatic heterocycles. The van der Waals surface area contributed by atoms with E-state index in [1.165, 1.54) is 0 Å². The lowest BCUT2D eigenvalue weighted by Gasteiger charge is -2.21. The van der Waals surface area contributed by atoms with Gasteiger partial charge < -0.3 is 10.2 Å². The molecule has 1 heterocycles. The van der Waals surface area contributed by atoms with Crippen LogP contribution in [-0.4, -0.2) is 29.9 Å². The predicted octanol–water partition coefficient (Wildman–Crippen LogP) is 0.295. The van der Waals surface area contributed by atoms with Crippen molar-refractivity contribution in [3.8, 4) is 0 Å². The smallest absolute Gasteiger partial charge is 0.318 e. The highest BCUT2D eigenvalue weighted by molar-refractivity contribution is 5.96. The van der Waals surface area contributed by atoms with Gasteiger partial charge in [0.2, 0.25) is 5.91 Å². The van der Waals surface area contributed by atoms with E-state index in [-0.39, 0.29) is 0 Å². The van der Waals surface area contributed by atoms with Crippen molar-refractivity contribution in [3.05, 3.63) is 24.2 Å². The molecule has 1 aromatic heterocycles. The summed E-state index contributed by atoms with van der Waals surface area (Å²) in [5.41, 5.74) is 4.86. The van der Waals surface area contributed by atoms with Crippen LogP contribution in [0.25, 0.3) is 0 Å². The summed E-state index contributed by atoms with van der Waals surface area (Å²) in [6.07, 6.45) is 1.57. The molecule has 1 aromatic rings. The number of nitrogens with two attached hydrogens (primary N) is 1. The van der Waals surface area contributed by atoms with Gasteiger partial charge in [-0.2, -0.15) is 0 Å². The Morgan fingerprint density at radius 2 is 2.31 bits per heavy atom. The van der Waals surface area contributed by atoms with Crippen LogP contribution < -0.4 is 11.1 Å². The van der Waals surface area contributed by atoms with Crippen LogP contribution in [0.15, 0.2) is 22.8 Å². The minimum absolute atomic E-state index is 0.429. The largest absolute Gasteiger partial charge is 0.468 e. The molecule has 1 rings (SSSR count). The second kappa shape index (κ2) is 5.32. The number of furan rings is 1. The summed E-state index contributed by atoms with van der Waals surface area (Å²) in [6.45, 7) is 2.17. The number of primary amides is 1.